The van der Waals surface area contributed by atoms with E-state index in [9.17, 15) is 19.5 Å². The van der Waals surface area contributed by atoms with Crippen LogP contribution in [0.1, 0.15) is 81.5 Å². The zero-order valence-electron chi connectivity index (χ0n) is 17.9. The van der Waals surface area contributed by atoms with E-state index in [0.29, 0.717) is 6.42 Å². The van der Waals surface area contributed by atoms with E-state index >= 15 is 0 Å². The summed E-state index contributed by atoms with van der Waals surface area (Å²) in [5, 5.41) is 15.9. The highest BCUT2D eigenvalue weighted by molar-refractivity contribution is 7.10. The van der Waals surface area contributed by atoms with Crippen LogP contribution in [0.15, 0.2) is 17.5 Å². The number of rotatable bonds is 5. The minimum atomic E-state index is -1.36. The molecule has 7 heteroatoms. The molecule has 1 aromatic rings. The van der Waals surface area contributed by atoms with Crippen LogP contribution in [0.5, 0.6) is 0 Å². The third-order valence-corrected chi connectivity index (χ3v) is 9.15. The molecule has 0 bridgehead atoms. The van der Waals surface area contributed by atoms with Gasteiger partial charge < -0.3 is 5.11 Å². The van der Waals surface area contributed by atoms with Crippen LogP contribution in [-0.4, -0.2) is 39.4 Å². The van der Waals surface area contributed by atoms with Crippen molar-refractivity contribution < 1.29 is 19.5 Å². The number of imide groups is 1. The van der Waals surface area contributed by atoms with E-state index in [4.69, 9.17) is 0 Å². The average molecular weight is 445 g/mol. The number of hydrogen-bond acceptors (Lipinski definition) is 5. The van der Waals surface area contributed by atoms with Gasteiger partial charge in [0.05, 0.1) is 17.9 Å². The summed E-state index contributed by atoms with van der Waals surface area (Å²) in [4.78, 5) is 42.8. The third-order valence-electron chi connectivity index (χ3n) is 8.19. The molecule has 6 nitrogen and oxygen atoms in total. The van der Waals surface area contributed by atoms with Crippen molar-refractivity contribution in [3.05, 3.63) is 22.4 Å². The Bertz CT molecular complexity index is 844. The predicted octanol–water partition coefficient (Wildman–Crippen LogP) is 4.12. The number of nitrogens with zero attached hydrogens (tertiary/aromatic N) is 1. The highest BCUT2D eigenvalue weighted by Gasteiger charge is 2.69. The molecule has 2 aliphatic carbocycles. The van der Waals surface area contributed by atoms with Crippen molar-refractivity contribution in [1.82, 2.24) is 10.2 Å². The summed E-state index contributed by atoms with van der Waals surface area (Å²) in [6, 6.07) is 3.41. The second-order valence-corrected chi connectivity index (χ2v) is 10.9. The maximum atomic E-state index is 13.8. The van der Waals surface area contributed by atoms with Gasteiger partial charge in [-0.2, -0.15) is 0 Å². The molecule has 4 unspecified atom stereocenters. The highest BCUT2D eigenvalue weighted by Crippen LogP contribution is 2.53. The molecule has 4 atom stereocenters. The molecule has 3 heterocycles. The Morgan fingerprint density at radius 1 is 1.06 bits per heavy atom. The van der Waals surface area contributed by atoms with E-state index in [1.807, 2.05) is 17.5 Å². The number of amides is 2. The van der Waals surface area contributed by atoms with E-state index in [1.54, 1.807) is 0 Å². The van der Waals surface area contributed by atoms with Crippen molar-refractivity contribution in [3.8, 4) is 0 Å². The number of thiophene rings is 1. The lowest BCUT2D eigenvalue weighted by molar-refractivity contribution is -0.153. The normalized spacial score (nSPS) is 35.0. The predicted molar refractivity (Wildman–Crippen MR) is 117 cm³/mol. The Morgan fingerprint density at radius 2 is 1.74 bits per heavy atom. The van der Waals surface area contributed by atoms with Gasteiger partial charge in [0.15, 0.2) is 0 Å². The lowest BCUT2D eigenvalue weighted by Crippen LogP contribution is -2.57. The molecule has 0 spiro atoms. The number of carboxylic acid groups (broad SMARTS) is 1. The monoisotopic (exact) mass is 444 g/mol. The molecular formula is C24H32N2O4S. The fourth-order valence-electron chi connectivity index (χ4n) is 6.75. The summed E-state index contributed by atoms with van der Waals surface area (Å²) < 4.78 is 0. The number of carboxylic acids is 1. The smallest absolute Gasteiger partial charge is 0.324 e. The average Bonchev–Trinajstić information content (AvgIpc) is 3.47. The van der Waals surface area contributed by atoms with Gasteiger partial charge >= 0.3 is 5.97 Å². The molecule has 1 aromatic heterocycles. The Balaban J connectivity index is 1.54. The van der Waals surface area contributed by atoms with Gasteiger partial charge in [0, 0.05) is 10.9 Å². The maximum absolute atomic E-state index is 13.8. The van der Waals surface area contributed by atoms with Gasteiger partial charge in [-0.15, -0.1) is 11.3 Å². The molecule has 2 amide bonds. The topological polar surface area (TPSA) is 86.7 Å². The summed E-state index contributed by atoms with van der Waals surface area (Å²) in [6.07, 6.45) is 10.7. The summed E-state index contributed by atoms with van der Waals surface area (Å²) in [7, 11) is 0. The van der Waals surface area contributed by atoms with Crippen molar-refractivity contribution in [1.29, 1.82) is 0 Å². The lowest BCUT2D eigenvalue weighted by Gasteiger charge is -2.37. The van der Waals surface area contributed by atoms with E-state index < -0.39 is 29.4 Å². The van der Waals surface area contributed by atoms with Crippen molar-refractivity contribution in [2.24, 2.45) is 17.8 Å². The third kappa shape index (κ3) is 3.44. The van der Waals surface area contributed by atoms with E-state index in [2.05, 4.69) is 5.32 Å². The van der Waals surface area contributed by atoms with E-state index in [-0.39, 0.29) is 23.8 Å². The van der Waals surface area contributed by atoms with Gasteiger partial charge in [-0.3, -0.25) is 24.6 Å². The highest BCUT2D eigenvalue weighted by atomic mass is 32.1. The number of hydrogen-bond donors (Lipinski definition) is 2. The minimum absolute atomic E-state index is 0.0653. The standard InChI is InChI=1S/C24H32N2O4S/c27-21-18-19(22(28)26(21)16-10-5-2-6-11-16)24(23(29)30,14-15-8-3-1-4-9-15)25-20(18)17-12-7-13-31-17/h7,12-13,15-16,18-20,25H,1-6,8-11,14H2,(H,29,30). The first-order chi connectivity index (χ1) is 15.0. The van der Waals surface area contributed by atoms with Gasteiger partial charge in [0.25, 0.3) is 0 Å². The van der Waals surface area contributed by atoms with Gasteiger partial charge in [0.2, 0.25) is 11.8 Å². The summed E-state index contributed by atoms with van der Waals surface area (Å²) >= 11 is 1.53. The Hall–Kier alpha value is -1.73. The number of likely N-dealkylation sites (tertiary alicyclic amines) is 1. The van der Waals surface area contributed by atoms with Crippen LogP contribution < -0.4 is 5.32 Å². The van der Waals surface area contributed by atoms with Crippen LogP contribution in [0.3, 0.4) is 0 Å². The van der Waals surface area contributed by atoms with Crippen LogP contribution in [0.4, 0.5) is 0 Å². The van der Waals surface area contributed by atoms with Crippen molar-refractivity contribution >= 4 is 29.1 Å². The van der Waals surface area contributed by atoms with Gasteiger partial charge in [0.1, 0.15) is 5.54 Å². The number of aliphatic carboxylic acids is 1. The number of fused-ring (bicyclic) bond motifs is 1. The first-order valence-corrected chi connectivity index (χ1v) is 12.8. The molecule has 0 radical (unpaired) electrons. The molecule has 2 saturated carbocycles. The molecule has 168 valence electrons. The molecule has 31 heavy (non-hydrogen) atoms. The fourth-order valence-corrected chi connectivity index (χ4v) is 7.58. The van der Waals surface area contributed by atoms with Crippen molar-refractivity contribution in [2.45, 2.75) is 88.3 Å². The van der Waals surface area contributed by atoms with Crippen LogP contribution in [0.25, 0.3) is 0 Å². The fraction of sp³-hybridized carbons (Fsp3) is 0.708. The summed E-state index contributed by atoms with van der Waals surface area (Å²) in [6.45, 7) is 0. The summed E-state index contributed by atoms with van der Waals surface area (Å²) in [5.74, 6) is -2.52. The second kappa shape index (κ2) is 8.32. The maximum Gasteiger partial charge on any atom is 0.324 e. The zero-order valence-corrected chi connectivity index (χ0v) is 18.7. The molecule has 0 aromatic carbocycles. The lowest BCUT2D eigenvalue weighted by atomic mass is 9.72. The zero-order chi connectivity index (χ0) is 21.6. The quantitative estimate of drug-likeness (QED) is 0.667. The largest absolute Gasteiger partial charge is 0.480 e. The van der Waals surface area contributed by atoms with Crippen LogP contribution in [0.2, 0.25) is 0 Å². The van der Waals surface area contributed by atoms with Crippen LogP contribution in [0, 0.1) is 17.8 Å². The minimum Gasteiger partial charge on any atom is -0.480 e. The van der Waals surface area contributed by atoms with Gasteiger partial charge in [-0.25, -0.2) is 0 Å². The van der Waals surface area contributed by atoms with Gasteiger partial charge in [-0.1, -0.05) is 57.4 Å². The van der Waals surface area contributed by atoms with E-state index in [1.165, 1.54) is 22.7 Å². The molecule has 4 fully saturated rings. The first kappa shape index (κ1) is 21.1. The Kier molecular flexibility index (Phi) is 5.67. The second-order valence-electron chi connectivity index (χ2n) is 9.96. The first-order valence-electron chi connectivity index (χ1n) is 11.9. The Morgan fingerprint density at radius 3 is 2.35 bits per heavy atom. The molecule has 4 aliphatic rings. The number of carbonyl (C=O) groups is 3. The Labute approximate surface area is 187 Å². The number of nitrogens with one attached hydrogen (secondary N) is 1. The molecule has 2 saturated heterocycles. The van der Waals surface area contributed by atoms with Crippen molar-refractivity contribution in [2.75, 3.05) is 0 Å². The molecule has 5 rings (SSSR count). The molecule has 2 aliphatic heterocycles. The van der Waals surface area contributed by atoms with Crippen LogP contribution in [-0.2, 0) is 14.4 Å². The van der Waals surface area contributed by atoms with Crippen molar-refractivity contribution in [3.63, 3.8) is 0 Å². The number of carbonyl (C=O) groups excluding carboxylic acids is 2. The summed E-state index contributed by atoms with van der Waals surface area (Å²) in [5.41, 5.74) is -1.36. The van der Waals surface area contributed by atoms with Gasteiger partial charge in [-0.05, 0) is 36.6 Å². The SMILES string of the molecule is O=C1C2C(c3cccs3)NC(CC3CCCCC3)(C(=O)O)C2C(=O)N1C1CCCCC1. The van der Waals surface area contributed by atoms with E-state index in [0.717, 1.165) is 62.7 Å². The molecule has 2 N–H and O–H groups in total. The van der Waals surface area contributed by atoms with Crippen LogP contribution >= 0.6 is 11.3 Å². The molecular weight excluding hydrogens is 412 g/mol.